The highest BCUT2D eigenvalue weighted by atomic mass is 19.1. The number of halogens is 1. The van der Waals surface area contributed by atoms with E-state index < -0.39 is 0 Å². The molecule has 154 valence electrons. The van der Waals surface area contributed by atoms with E-state index in [0.29, 0.717) is 25.7 Å². The van der Waals surface area contributed by atoms with E-state index >= 15 is 0 Å². The minimum Gasteiger partial charge on any atom is -0.368 e. The molecule has 1 aliphatic rings. The highest BCUT2D eigenvalue weighted by molar-refractivity contribution is 5.94. The number of benzene rings is 2. The van der Waals surface area contributed by atoms with Crippen LogP contribution in [0.5, 0.6) is 0 Å². The molecule has 0 saturated carbocycles. The Morgan fingerprint density at radius 1 is 1.17 bits per heavy atom. The minimum atomic E-state index is -0.354. The molecule has 2 aromatic carbocycles. The lowest BCUT2D eigenvalue weighted by atomic mass is 10.2. The number of carbonyl (C=O) groups is 1. The van der Waals surface area contributed by atoms with Crippen molar-refractivity contribution in [1.29, 1.82) is 0 Å². The van der Waals surface area contributed by atoms with E-state index in [-0.39, 0.29) is 17.8 Å². The van der Waals surface area contributed by atoms with Crippen LogP contribution in [0.25, 0.3) is 0 Å². The molecule has 1 fully saturated rings. The Kier molecular flexibility index (Phi) is 7.58. The number of rotatable bonds is 7. The summed E-state index contributed by atoms with van der Waals surface area (Å²) in [5, 5.41) is 9.35. The van der Waals surface area contributed by atoms with Crippen LogP contribution in [-0.2, 0) is 22.6 Å². The van der Waals surface area contributed by atoms with E-state index in [9.17, 15) is 9.18 Å². The average Bonchev–Trinajstić information content (AvgIpc) is 3.27. The van der Waals surface area contributed by atoms with Gasteiger partial charge in [0.1, 0.15) is 11.9 Å². The molecule has 29 heavy (non-hydrogen) atoms. The second-order valence-electron chi connectivity index (χ2n) is 6.87. The molecular formula is C22H27FN4O2. The molecule has 3 rings (SSSR count). The van der Waals surface area contributed by atoms with E-state index in [1.807, 2.05) is 31.2 Å². The number of hydrogen-bond donors (Lipinski definition) is 3. The van der Waals surface area contributed by atoms with E-state index in [0.717, 1.165) is 36.2 Å². The van der Waals surface area contributed by atoms with Crippen LogP contribution in [0.4, 0.5) is 10.1 Å². The zero-order valence-electron chi connectivity index (χ0n) is 16.6. The quantitative estimate of drug-likeness (QED) is 0.495. The van der Waals surface area contributed by atoms with E-state index in [4.69, 9.17) is 4.74 Å². The lowest BCUT2D eigenvalue weighted by Gasteiger charge is -2.12. The third kappa shape index (κ3) is 6.57. The fourth-order valence-corrected chi connectivity index (χ4v) is 3.05. The third-order valence-electron chi connectivity index (χ3n) is 4.55. The van der Waals surface area contributed by atoms with Gasteiger partial charge in [-0.05, 0) is 55.2 Å². The number of nitrogens with one attached hydrogen (secondary N) is 3. The van der Waals surface area contributed by atoms with Crippen LogP contribution in [-0.4, -0.2) is 31.1 Å². The lowest BCUT2D eigenvalue weighted by molar-refractivity contribution is -0.124. The first-order valence-corrected chi connectivity index (χ1v) is 9.92. The maximum absolute atomic E-state index is 13.0. The maximum atomic E-state index is 13.0. The Morgan fingerprint density at radius 3 is 2.72 bits per heavy atom. The second-order valence-corrected chi connectivity index (χ2v) is 6.87. The van der Waals surface area contributed by atoms with Crippen LogP contribution in [0.15, 0.2) is 53.5 Å². The summed E-state index contributed by atoms with van der Waals surface area (Å²) in [7, 11) is 0. The molecule has 0 aromatic heterocycles. The Morgan fingerprint density at radius 2 is 2.00 bits per heavy atom. The molecule has 2 aromatic rings. The first kappa shape index (κ1) is 20.8. The molecule has 7 heteroatoms. The zero-order chi connectivity index (χ0) is 20.5. The Bertz CT molecular complexity index is 833. The SMILES string of the molecule is CCNC(=NCc1cccc(NC(=O)C2CCCO2)c1)NCc1ccc(F)cc1. The number of anilines is 1. The summed E-state index contributed by atoms with van der Waals surface area (Å²) in [6.45, 7) is 4.38. The Hall–Kier alpha value is -2.93. The van der Waals surface area contributed by atoms with Gasteiger partial charge in [0.15, 0.2) is 5.96 Å². The number of carbonyl (C=O) groups excluding carboxylic acids is 1. The first-order valence-electron chi connectivity index (χ1n) is 9.92. The number of nitrogens with zero attached hydrogens (tertiary/aromatic N) is 1. The van der Waals surface area contributed by atoms with Crippen LogP contribution in [0, 0.1) is 5.82 Å². The predicted molar refractivity (Wildman–Crippen MR) is 112 cm³/mol. The monoisotopic (exact) mass is 398 g/mol. The van der Waals surface area contributed by atoms with Gasteiger partial charge in [-0.25, -0.2) is 9.38 Å². The van der Waals surface area contributed by atoms with Crippen molar-refractivity contribution < 1.29 is 13.9 Å². The summed E-state index contributed by atoms with van der Waals surface area (Å²) in [6, 6.07) is 14.0. The van der Waals surface area contributed by atoms with Gasteiger partial charge in [0.25, 0.3) is 5.91 Å². The fraction of sp³-hybridized carbons (Fsp3) is 0.364. The fourth-order valence-electron chi connectivity index (χ4n) is 3.05. The van der Waals surface area contributed by atoms with E-state index in [1.165, 1.54) is 12.1 Å². The summed E-state index contributed by atoms with van der Waals surface area (Å²) < 4.78 is 18.4. The lowest BCUT2D eigenvalue weighted by Crippen LogP contribution is -2.36. The summed E-state index contributed by atoms with van der Waals surface area (Å²) in [4.78, 5) is 16.8. The van der Waals surface area contributed by atoms with Crippen molar-refractivity contribution in [2.45, 2.75) is 39.0 Å². The molecular weight excluding hydrogens is 371 g/mol. The van der Waals surface area contributed by atoms with Crippen LogP contribution >= 0.6 is 0 Å². The highest BCUT2D eigenvalue weighted by Crippen LogP contribution is 2.16. The number of amides is 1. The van der Waals surface area contributed by atoms with Crippen molar-refractivity contribution in [3.05, 3.63) is 65.5 Å². The third-order valence-corrected chi connectivity index (χ3v) is 4.55. The van der Waals surface area contributed by atoms with Crippen LogP contribution in [0.1, 0.15) is 30.9 Å². The molecule has 0 bridgehead atoms. The van der Waals surface area contributed by atoms with Gasteiger partial charge in [-0.15, -0.1) is 0 Å². The second kappa shape index (κ2) is 10.6. The topological polar surface area (TPSA) is 74.8 Å². The van der Waals surface area contributed by atoms with Gasteiger partial charge in [0.2, 0.25) is 0 Å². The van der Waals surface area contributed by atoms with E-state index in [2.05, 4.69) is 20.9 Å². The summed E-state index contributed by atoms with van der Waals surface area (Å²) in [6.07, 6.45) is 1.33. The van der Waals surface area contributed by atoms with Gasteiger partial charge in [-0.1, -0.05) is 24.3 Å². The Labute approximate surface area is 170 Å². The Balaban J connectivity index is 1.58. The number of aliphatic imine (C=N–C) groups is 1. The predicted octanol–water partition coefficient (Wildman–Crippen LogP) is 3.20. The van der Waals surface area contributed by atoms with Gasteiger partial charge in [-0.2, -0.15) is 0 Å². The minimum absolute atomic E-state index is 0.0996. The van der Waals surface area contributed by atoms with Gasteiger partial charge < -0.3 is 20.7 Å². The average molecular weight is 398 g/mol. The van der Waals surface area contributed by atoms with Crippen molar-refractivity contribution in [2.24, 2.45) is 4.99 Å². The van der Waals surface area contributed by atoms with Gasteiger partial charge in [0.05, 0.1) is 6.54 Å². The van der Waals surface area contributed by atoms with Crippen LogP contribution < -0.4 is 16.0 Å². The molecule has 3 N–H and O–H groups in total. The van der Waals surface area contributed by atoms with Crippen molar-refractivity contribution in [3.8, 4) is 0 Å². The molecule has 1 amide bonds. The molecule has 0 aliphatic carbocycles. The molecule has 1 heterocycles. The highest BCUT2D eigenvalue weighted by Gasteiger charge is 2.23. The standard InChI is InChI=1S/C22H27FN4O2/c1-2-24-22(25-14-16-8-10-18(23)11-9-16)26-15-17-5-3-6-19(13-17)27-21(28)20-7-4-12-29-20/h3,5-6,8-11,13,20H,2,4,7,12,14-15H2,1H3,(H,27,28)(H2,24,25,26). The van der Waals surface area contributed by atoms with Crippen LogP contribution in [0.3, 0.4) is 0 Å². The molecule has 0 spiro atoms. The van der Waals surface area contributed by atoms with Crippen LogP contribution in [0.2, 0.25) is 0 Å². The number of guanidine groups is 1. The number of hydrogen-bond acceptors (Lipinski definition) is 3. The van der Waals surface area contributed by atoms with Crippen molar-refractivity contribution in [3.63, 3.8) is 0 Å². The van der Waals surface area contributed by atoms with Crippen molar-refractivity contribution >= 4 is 17.6 Å². The van der Waals surface area contributed by atoms with Gasteiger partial charge in [0, 0.05) is 25.4 Å². The summed E-state index contributed by atoms with van der Waals surface area (Å²) >= 11 is 0. The van der Waals surface area contributed by atoms with E-state index in [1.54, 1.807) is 12.1 Å². The van der Waals surface area contributed by atoms with Gasteiger partial charge in [-0.3, -0.25) is 4.79 Å². The smallest absolute Gasteiger partial charge is 0.253 e. The molecule has 1 aliphatic heterocycles. The molecule has 6 nitrogen and oxygen atoms in total. The molecule has 1 unspecified atom stereocenters. The molecule has 0 radical (unpaired) electrons. The van der Waals surface area contributed by atoms with Gasteiger partial charge >= 0.3 is 0 Å². The largest absolute Gasteiger partial charge is 0.368 e. The molecule has 1 atom stereocenters. The first-order chi connectivity index (χ1) is 14.1. The summed E-state index contributed by atoms with van der Waals surface area (Å²) in [5.41, 5.74) is 2.69. The van der Waals surface area contributed by atoms with Crippen molar-refractivity contribution in [1.82, 2.24) is 10.6 Å². The molecule has 1 saturated heterocycles. The zero-order valence-corrected chi connectivity index (χ0v) is 16.6. The maximum Gasteiger partial charge on any atom is 0.253 e. The normalized spacial score (nSPS) is 16.5. The summed E-state index contributed by atoms with van der Waals surface area (Å²) in [5.74, 6) is 0.323. The van der Waals surface area contributed by atoms with Crippen molar-refractivity contribution in [2.75, 3.05) is 18.5 Å². The number of ether oxygens (including phenoxy) is 1.